The summed E-state index contributed by atoms with van der Waals surface area (Å²) in [4.78, 5) is 11.8. The molecule has 0 spiro atoms. The Balaban J connectivity index is 4.09. The van der Waals surface area contributed by atoms with Crippen LogP contribution in [0.1, 0.15) is 74.1 Å². The Morgan fingerprint density at radius 3 is 2.14 bits per heavy atom. The number of allylic oxidation sites excluding steroid dienone is 5. The quantitative estimate of drug-likeness (QED) is 0.304. The third-order valence-corrected chi connectivity index (χ3v) is 4.97. The molecule has 0 aliphatic heterocycles. The summed E-state index contributed by atoms with van der Waals surface area (Å²) in [6.45, 7) is 14.0. The van der Waals surface area contributed by atoms with E-state index < -0.39 is 11.7 Å². The minimum Gasteiger partial charge on any atom is -0.444 e. The highest BCUT2D eigenvalue weighted by Crippen LogP contribution is 2.13. The van der Waals surface area contributed by atoms with Crippen molar-refractivity contribution >= 4 is 17.9 Å². The molecule has 0 rings (SSSR count). The van der Waals surface area contributed by atoms with E-state index >= 15 is 0 Å². The van der Waals surface area contributed by atoms with Crippen LogP contribution in [0.15, 0.2) is 34.9 Å². The van der Waals surface area contributed by atoms with Crippen LogP contribution in [-0.4, -0.2) is 41.0 Å². The van der Waals surface area contributed by atoms with Gasteiger partial charge in [0.15, 0.2) is 0 Å². The molecule has 0 aliphatic rings. The molecule has 0 aromatic heterocycles. The molecule has 0 bridgehead atoms. The molecule has 0 fully saturated rings. The highest BCUT2D eigenvalue weighted by Gasteiger charge is 2.18. The standard InChI is InChI=1S/C23H41NO3S/c1-18(2)10-8-11-19(3)12-9-13-20(4)14-15-28-17-21(16-25)24-22(26)27-23(5,6)7/h10,12,14,21,25H,8-9,11,13,15-17H2,1-7H3,(H,24,26)/b19-12+,20-14+/t21-/m1/s1. The van der Waals surface area contributed by atoms with Crippen LogP contribution in [0.4, 0.5) is 4.79 Å². The fourth-order valence-corrected chi connectivity index (χ4v) is 3.38. The number of rotatable bonds is 12. The van der Waals surface area contributed by atoms with E-state index in [-0.39, 0.29) is 12.6 Å². The van der Waals surface area contributed by atoms with Crippen molar-refractivity contribution in [3.63, 3.8) is 0 Å². The van der Waals surface area contributed by atoms with Gasteiger partial charge < -0.3 is 15.2 Å². The molecule has 5 heteroatoms. The number of alkyl carbamates (subject to hydrolysis) is 1. The van der Waals surface area contributed by atoms with E-state index in [0.29, 0.717) is 5.75 Å². The molecule has 1 atom stereocenters. The fraction of sp³-hybridized carbons (Fsp3) is 0.696. The average Bonchev–Trinajstić information content (AvgIpc) is 2.55. The highest BCUT2D eigenvalue weighted by molar-refractivity contribution is 7.99. The summed E-state index contributed by atoms with van der Waals surface area (Å²) >= 11 is 1.70. The lowest BCUT2D eigenvalue weighted by atomic mass is 10.1. The molecule has 0 saturated heterocycles. The second kappa shape index (κ2) is 14.7. The molecule has 4 nitrogen and oxygen atoms in total. The molecule has 0 aromatic carbocycles. The van der Waals surface area contributed by atoms with Crippen molar-refractivity contribution < 1.29 is 14.6 Å². The summed E-state index contributed by atoms with van der Waals surface area (Å²) in [5.74, 6) is 1.53. The number of amides is 1. The minimum absolute atomic E-state index is 0.0915. The lowest BCUT2D eigenvalue weighted by Gasteiger charge is -2.22. The summed E-state index contributed by atoms with van der Waals surface area (Å²) in [6.07, 6.45) is 10.8. The van der Waals surface area contributed by atoms with Crippen LogP contribution in [0.2, 0.25) is 0 Å². The number of aliphatic hydroxyl groups is 1. The molecule has 28 heavy (non-hydrogen) atoms. The number of aliphatic hydroxyl groups excluding tert-OH is 1. The van der Waals surface area contributed by atoms with Crippen LogP contribution in [0.5, 0.6) is 0 Å². The zero-order valence-electron chi connectivity index (χ0n) is 18.9. The van der Waals surface area contributed by atoms with Crippen LogP contribution in [0, 0.1) is 0 Å². The smallest absolute Gasteiger partial charge is 0.407 e. The van der Waals surface area contributed by atoms with Gasteiger partial charge in [0, 0.05) is 11.5 Å². The topological polar surface area (TPSA) is 58.6 Å². The van der Waals surface area contributed by atoms with Gasteiger partial charge in [0.05, 0.1) is 12.6 Å². The number of carbonyl (C=O) groups excluding carboxylic acids is 1. The summed E-state index contributed by atoms with van der Waals surface area (Å²) < 4.78 is 5.22. The third kappa shape index (κ3) is 16.9. The molecule has 0 aliphatic carbocycles. The molecule has 0 saturated carbocycles. The Morgan fingerprint density at radius 1 is 1.04 bits per heavy atom. The number of nitrogens with one attached hydrogen (secondary N) is 1. The largest absolute Gasteiger partial charge is 0.444 e. The van der Waals surface area contributed by atoms with Crippen molar-refractivity contribution in [1.29, 1.82) is 0 Å². The summed E-state index contributed by atoms with van der Waals surface area (Å²) in [7, 11) is 0. The Kier molecular flexibility index (Phi) is 14.1. The van der Waals surface area contributed by atoms with Gasteiger partial charge in [-0.3, -0.25) is 0 Å². The van der Waals surface area contributed by atoms with Crippen LogP contribution < -0.4 is 5.32 Å². The van der Waals surface area contributed by atoms with Crippen LogP contribution in [0.25, 0.3) is 0 Å². The number of hydrogen-bond donors (Lipinski definition) is 2. The third-order valence-electron chi connectivity index (χ3n) is 3.93. The predicted molar refractivity (Wildman–Crippen MR) is 123 cm³/mol. The summed E-state index contributed by atoms with van der Waals surface area (Å²) in [5, 5.41) is 12.1. The van der Waals surface area contributed by atoms with E-state index in [1.807, 2.05) is 20.8 Å². The van der Waals surface area contributed by atoms with E-state index in [4.69, 9.17) is 4.74 Å². The van der Waals surface area contributed by atoms with Crippen molar-refractivity contribution in [1.82, 2.24) is 5.32 Å². The van der Waals surface area contributed by atoms with Crippen LogP contribution in [0.3, 0.4) is 0 Å². The first-order chi connectivity index (χ1) is 13.0. The monoisotopic (exact) mass is 411 g/mol. The average molecular weight is 412 g/mol. The van der Waals surface area contributed by atoms with Crippen LogP contribution in [-0.2, 0) is 4.74 Å². The van der Waals surface area contributed by atoms with Gasteiger partial charge in [-0.2, -0.15) is 11.8 Å². The zero-order chi connectivity index (χ0) is 21.6. The van der Waals surface area contributed by atoms with Gasteiger partial charge >= 0.3 is 6.09 Å². The minimum atomic E-state index is -0.532. The second-order valence-corrected chi connectivity index (χ2v) is 9.60. The Bertz CT molecular complexity index is 541. The van der Waals surface area contributed by atoms with Gasteiger partial charge in [0.25, 0.3) is 0 Å². The number of ether oxygens (including phenoxy) is 1. The zero-order valence-corrected chi connectivity index (χ0v) is 19.7. The van der Waals surface area contributed by atoms with Crippen LogP contribution >= 0.6 is 11.8 Å². The summed E-state index contributed by atoms with van der Waals surface area (Å²) in [5.41, 5.74) is 3.68. The number of carbonyl (C=O) groups is 1. The highest BCUT2D eigenvalue weighted by atomic mass is 32.2. The van der Waals surface area contributed by atoms with Gasteiger partial charge in [0.2, 0.25) is 0 Å². The Hall–Kier alpha value is -1.20. The molecular weight excluding hydrogens is 370 g/mol. The maximum Gasteiger partial charge on any atom is 0.407 e. The van der Waals surface area contributed by atoms with Crippen molar-refractivity contribution in [2.24, 2.45) is 0 Å². The fourth-order valence-electron chi connectivity index (χ4n) is 2.36. The van der Waals surface area contributed by atoms with Crippen molar-refractivity contribution in [3.8, 4) is 0 Å². The maximum absolute atomic E-state index is 11.8. The SMILES string of the molecule is CC(C)=CCC/C(C)=C/CC/C(C)=C/CSC[C@@H](CO)NC(=O)OC(C)(C)C. The van der Waals surface area contributed by atoms with Gasteiger partial charge in [-0.15, -0.1) is 0 Å². The molecule has 162 valence electrons. The Labute approximate surface area is 176 Å². The van der Waals surface area contributed by atoms with E-state index in [0.717, 1.165) is 31.4 Å². The first-order valence-electron chi connectivity index (χ1n) is 10.2. The van der Waals surface area contributed by atoms with Crippen molar-refractivity contribution in [2.45, 2.75) is 85.8 Å². The lowest BCUT2D eigenvalue weighted by Crippen LogP contribution is -2.42. The van der Waals surface area contributed by atoms with E-state index in [2.05, 4.69) is 51.2 Å². The maximum atomic E-state index is 11.8. The van der Waals surface area contributed by atoms with Crippen molar-refractivity contribution in [2.75, 3.05) is 18.1 Å². The van der Waals surface area contributed by atoms with Gasteiger partial charge in [-0.05, 0) is 74.1 Å². The van der Waals surface area contributed by atoms with Gasteiger partial charge in [0.1, 0.15) is 5.60 Å². The first kappa shape index (κ1) is 26.8. The van der Waals surface area contributed by atoms with Gasteiger partial charge in [-0.25, -0.2) is 4.79 Å². The predicted octanol–water partition coefficient (Wildman–Crippen LogP) is 6.02. The molecule has 0 unspecified atom stereocenters. The molecule has 0 heterocycles. The van der Waals surface area contributed by atoms with E-state index in [1.165, 1.54) is 16.7 Å². The van der Waals surface area contributed by atoms with E-state index in [1.54, 1.807) is 11.8 Å². The first-order valence-corrected chi connectivity index (χ1v) is 11.3. The van der Waals surface area contributed by atoms with Gasteiger partial charge in [-0.1, -0.05) is 34.9 Å². The molecule has 2 N–H and O–H groups in total. The molecule has 0 radical (unpaired) electrons. The number of thioether (sulfide) groups is 1. The molecule has 1 amide bonds. The van der Waals surface area contributed by atoms with Crippen molar-refractivity contribution in [3.05, 3.63) is 34.9 Å². The second-order valence-electron chi connectivity index (χ2n) is 8.52. The Morgan fingerprint density at radius 2 is 1.61 bits per heavy atom. The number of hydrogen-bond acceptors (Lipinski definition) is 4. The lowest BCUT2D eigenvalue weighted by molar-refractivity contribution is 0.0491. The van der Waals surface area contributed by atoms with E-state index in [9.17, 15) is 9.90 Å². The molecule has 0 aromatic rings. The molecular formula is C23H41NO3S. The summed E-state index contributed by atoms with van der Waals surface area (Å²) in [6, 6.07) is -0.292. The normalized spacial score (nSPS) is 13.9.